The van der Waals surface area contributed by atoms with E-state index < -0.39 is 11.7 Å². The van der Waals surface area contributed by atoms with Crippen LogP contribution in [-0.4, -0.2) is 35.7 Å². The minimum absolute atomic E-state index is 0.255. The number of rotatable bonds is 1. The summed E-state index contributed by atoms with van der Waals surface area (Å²) in [6.45, 7) is 6.72. The van der Waals surface area contributed by atoms with Gasteiger partial charge >= 0.3 is 12.1 Å². The molecule has 0 atom stereocenters. The van der Waals surface area contributed by atoms with Gasteiger partial charge in [-0.3, -0.25) is 0 Å². The van der Waals surface area contributed by atoms with Gasteiger partial charge in [0.15, 0.2) is 0 Å². The first kappa shape index (κ1) is 16.1. The van der Waals surface area contributed by atoms with Gasteiger partial charge in [-0.25, -0.2) is 20.0 Å². The Morgan fingerprint density at radius 3 is 2.36 bits per heavy atom. The maximum absolute atomic E-state index is 12.6. The highest BCUT2D eigenvalue weighted by atomic mass is 16.6. The van der Waals surface area contributed by atoms with Gasteiger partial charge in [-0.2, -0.15) is 0 Å². The van der Waals surface area contributed by atoms with Gasteiger partial charge in [0.05, 0.1) is 5.69 Å². The Hall–Kier alpha value is -2.24. The molecule has 1 saturated heterocycles. The van der Waals surface area contributed by atoms with Crippen molar-refractivity contribution in [3.8, 4) is 0 Å². The molecular formula is C16H22N3O3. The smallest absolute Gasteiger partial charge is 0.427 e. The van der Waals surface area contributed by atoms with Crippen molar-refractivity contribution in [3.63, 3.8) is 0 Å². The fourth-order valence-electron chi connectivity index (χ4n) is 2.19. The Kier molecular flexibility index (Phi) is 4.90. The molecule has 1 aromatic carbocycles. The molecule has 1 fully saturated rings. The Bertz CT molecular complexity index is 519. The highest BCUT2D eigenvalue weighted by Crippen LogP contribution is 2.17. The van der Waals surface area contributed by atoms with Crippen LogP contribution in [0.25, 0.3) is 0 Å². The normalized spacial score (nSPS) is 14.6. The average Bonchev–Trinajstić information content (AvgIpc) is 2.97. The van der Waals surface area contributed by atoms with Crippen molar-refractivity contribution < 1.29 is 14.3 Å². The molecule has 119 valence electrons. The van der Waals surface area contributed by atoms with Crippen LogP contribution in [0.5, 0.6) is 0 Å². The first-order valence-electron chi connectivity index (χ1n) is 7.41. The monoisotopic (exact) mass is 304 g/mol. The minimum atomic E-state index is -0.659. The summed E-state index contributed by atoms with van der Waals surface area (Å²) in [5.74, 6) is 0. The van der Waals surface area contributed by atoms with Crippen molar-refractivity contribution in [2.24, 2.45) is 0 Å². The Balaban J connectivity index is 2.15. The van der Waals surface area contributed by atoms with E-state index in [0.717, 1.165) is 12.8 Å². The van der Waals surface area contributed by atoms with Crippen LogP contribution in [0.4, 0.5) is 15.3 Å². The van der Waals surface area contributed by atoms with Crippen LogP contribution >= 0.6 is 0 Å². The summed E-state index contributed by atoms with van der Waals surface area (Å²) in [6.07, 6.45) is 1.30. The van der Waals surface area contributed by atoms with E-state index in [1.54, 1.807) is 49.9 Å². The average molecular weight is 304 g/mol. The molecule has 0 aliphatic carbocycles. The van der Waals surface area contributed by atoms with Gasteiger partial charge in [0.1, 0.15) is 5.60 Å². The number of urea groups is 1. The third kappa shape index (κ3) is 4.38. The quantitative estimate of drug-likeness (QED) is 0.811. The molecule has 6 heteroatoms. The Morgan fingerprint density at radius 2 is 1.82 bits per heavy atom. The van der Waals surface area contributed by atoms with Crippen molar-refractivity contribution >= 4 is 17.8 Å². The fraction of sp³-hybridized carbons (Fsp3) is 0.500. The zero-order valence-corrected chi connectivity index (χ0v) is 13.3. The van der Waals surface area contributed by atoms with Crippen molar-refractivity contribution in [2.45, 2.75) is 39.2 Å². The van der Waals surface area contributed by atoms with Crippen LogP contribution in [0.15, 0.2) is 24.3 Å². The number of benzene rings is 1. The Labute approximate surface area is 131 Å². The number of carbonyl (C=O) groups is 2. The van der Waals surface area contributed by atoms with Crippen molar-refractivity contribution in [2.75, 3.05) is 18.1 Å². The zero-order valence-electron chi connectivity index (χ0n) is 13.3. The highest BCUT2D eigenvalue weighted by Gasteiger charge is 2.28. The number of ether oxygens (including phenoxy) is 1. The van der Waals surface area contributed by atoms with Gasteiger partial charge in [-0.1, -0.05) is 12.1 Å². The third-order valence-corrected chi connectivity index (χ3v) is 3.13. The first-order chi connectivity index (χ1) is 10.4. The predicted molar refractivity (Wildman–Crippen MR) is 83.3 cm³/mol. The number of hydrazine groups is 1. The lowest BCUT2D eigenvalue weighted by Crippen LogP contribution is -2.53. The number of likely N-dealkylation sites (tertiary alicyclic amines) is 1. The van der Waals surface area contributed by atoms with Crippen LogP contribution in [0.2, 0.25) is 0 Å². The lowest BCUT2D eigenvalue weighted by atomic mass is 10.2. The number of amides is 3. The second-order valence-electron chi connectivity index (χ2n) is 6.18. The lowest BCUT2D eigenvalue weighted by molar-refractivity contribution is 0.0521. The second kappa shape index (κ2) is 6.68. The number of nitrogens with one attached hydrogen (secondary N) is 1. The number of carbonyl (C=O) groups excluding carboxylic acids is 2. The molecule has 1 aliphatic rings. The number of anilines is 1. The molecule has 0 bridgehead atoms. The highest BCUT2D eigenvalue weighted by molar-refractivity contribution is 5.94. The van der Waals surface area contributed by atoms with E-state index in [0.29, 0.717) is 18.8 Å². The molecule has 1 heterocycles. The molecule has 1 N–H and O–H groups in total. The number of hydrogen-bond donors (Lipinski definition) is 1. The molecule has 0 aromatic heterocycles. The summed E-state index contributed by atoms with van der Waals surface area (Å²) in [5.41, 5.74) is 2.48. The zero-order chi connectivity index (χ0) is 16.2. The Morgan fingerprint density at radius 1 is 1.23 bits per heavy atom. The maximum atomic E-state index is 12.6. The first-order valence-corrected chi connectivity index (χ1v) is 7.41. The van der Waals surface area contributed by atoms with Gasteiger partial charge in [-0.15, -0.1) is 0 Å². The summed E-state index contributed by atoms with van der Waals surface area (Å²) < 4.78 is 5.23. The van der Waals surface area contributed by atoms with E-state index >= 15 is 0 Å². The summed E-state index contributed by atoms with van der Waals surface area (Å²) in [7, 11) is 0. The second-order valence-corrected chi connectivity index (χ2v) is 6.18. The molecule has 1 radical (unpaired) electrons. The minimum Gasteiger partial charge on any atom is -0.443 e. The SMILES string of the molecule is CC(C)(C)OC(=O)NN(C(=O)N1CCCC1)c1cc[c]cc1. The van der Waals surface area contributed by atoms with Crippen LogP contribution in [0.3, 0.4) is 0 Å². The third-order valence-electron chi connectivity index (χ3n) is 3.13. The van der Waals surface area contributed by atoms with E-state index in [-0.39, 0.29) is 6.03 Å². The molecule has 22 heavy (non-hydrogen) atoms. The largest absolute Gasteiger partial charge is 0.443 e. The van der Waals surface area contributed by atoms with Gasteiger partial charge in [0.2, 0.25) is 0 Å². The molecule has 6 nitrogen and oxygen atoms in total. The van der Waals surface area contributed by atoms with Crippen molar-refractivity contribution in [1.29, 1.82) is 0 Å². The fourth-order valence-corrected chi connectivity index (χ4v) is 2.19. The standard InChI is InChI=1S/C16H22N3O3/c1-16(2,3)22-14(20)17-19(13-9-5-4-6-10-13)15(21)18-11-7-8-12-18/h5-6,9-10H,7-8,11-12H2,1-3H3,(H,17,20). The van der Waals surface area contributed by atoms with Gasteiger partial charge in [-0.05, 0) is 51.8 Å². The summed E-state index contributed by atoms with van der Waals surface area (Å²) >= 11 is 0. The maximum Gasteiger partial charge on any atom is 0.427 e. The van der Waals surface area contributed by atoms with Crippen molar-refractivity contribution in [1.82, 2.24) is 10.3 Å². The molecule has 0 spiro atoms. The molecule has 0 unspecified atom stereocenters. The van der Waals surface area contributed by atoms with E-state index in [9.17, 15) is 9.59 Å². The molecule has 0 saturated carbocycles. The topological polar surface area (TPSA) is 61.9 Å². The molecule has 1 aliphatic heterocycles. The van der Waals surface area contributed by atoms with Crippen LogP contribution in [0.1, 0.15) is 33.6 Å². The summed E-state index contributed by atoms with van der Waals surface area (Å²) in [5, 5.41) is 1.23. The van der Waals surface area contributed by atoms with E-state index in [1.165, 1.54) is 5.01 Å². The predicted octanol–water partition coefficient (Wildman–Crippen LogP) is 2.95. The van der Waals surface area contributed by atoms with E-state index in [2.05, 4.69) is 11.5 Å². The van der Waals surface area contributed by atoms with E-state index in [1.807, 2.05) is 0 Å². The molecule has 3 amide bonds. The van der Waals surface area contributed by atoms with Crippen LogP contribution in [0, 0.1) is 6.07 Å². The van der Waals surface area contributed by atoms with Crippen molar-refractivity contribution in [3.05, 3.63) is 30.3 Å². The summed E-state index contributed by atoms with van der Waals surface area (Å²) in [4.78, 5) is 26.3. The summed E-state index contributed by atoms with van der Waals surface area (Å²) in [6, 6.07) is 9.45. The van der Waals surface area contributed by atoms with Gasteiger partial charge in [0, 0.05) is 13.1 Å². The molecular weight excluding hydrogens is 282 g/mol. The number of hydrogen-bond acceptors (Lipinski definition) is 3. The van der Waals surface area contributed by atoms with Gasteiger partial charge in [0.25, 0.3) is 0 Å². The van der Waals surface area contributed by atoms with Crippen LogP contribution < -0.4 is 10.4 Å². The molecule has 2 rings (SSSR count). The lowest BCUT2D eigenvalue weighted by Gasteiger charge is -2.29. The van der Waals surface area contributed by atoms with Gasteiger partial charge < -0.3 is 9.64 Å². The van der Waals surface area contributed by atoms with Crippen LogP contribution in [-0.2, 0) is 4.74 Å². The number of nitrogens with zero attached hydrogens (tertiary/aromatic N) is 2. The van der Waals surface area contributed by atoms with E-state index in [4.69, 9.17) is 4.74 Å². The molecule has 1 aromatic rings.